The average molecular weight is 278 g/mol. The Morgan fingerprint density at radius 2 is 2.10 bits per heavy atom. The predicted octanol–water partition coefficient (Wildman–Crippen LogP) is 1.66. The fraction of sp³-hybridized carbons (Fsp3) is 0.429. The molecule has 1 saturated heterocycles. The zero-order chi connectivity index (χ0) is 14.7. The molecule has 0 aromatic heterocycles. The van der Waals surface area contributed by atoms with Gasteiger partial charge in [-0.05, 0) is 18.6 Å². The van der Waals surface area contributed by atoms with Crippen molar-refractivity contribution in [2.75, 3.05) is 32.1 Å². The summed E-state index contributed by atoms with van der Waals surface area (Å²) < 4.78 is 5.23. The van der Waals surface area contributed by atoms with E-state index in [9.17, 15) is 9.59 Å². The molecule has 1 aliphatic rings. The zero-order valence-corrected chi connectivity index (χ0v) is 11.6. The molecule has 0 saturated carbocycles. The van der Waals surface area contributed by atoms with Crippen molar-refractivity contribution < 1.29 is 19.4 Å². The first kappa shape index (κ1) is 14.2. The SMILES string of the molecule is COc1ccccc1N(C)C(=O)N1CCC(C(=O)O)C1. The third-order valence-corrected chi connectivity index (χ3v) is 3.54. The second-order valence-corrected chi connectivity index (χ2v) is 4.78. The number of carboxylic acids is 1. The minimum atomic E-state index is -0.847. The first-order chi connectivity index (χ1) is 9.54. The lowest BCUT2D eigenvalue weighted by Gasteiger charge is -2.25. The Kier molecular flexibility index (Phi) is 4.12. The van der Waals surface area contributed by atoms with Crippen LogP contribution in [0, 0.1) is 5.92 Å². The van der Waals surface area contributed by atoms with E-state index in [0.29, 0.717) is 24.4 Å². The number of methoxy groups -OCH3 is 1. The number of amides is 2. The average Bonchev–Trinajstić information content (AvgIpc) is 2.95. The molecule has 0 aliphatic carbocycles. The van der Waals surface area contributed by atoms with E-state index < -0.39 is 11.9 Å². The summed E-state index contributed by atoms with van der Waals surface area (Å²) in [5.41, 5.74) is 0.666. The molecule has 1 heterocycles. The van der Waals surface area contributed by atoms with Crippen molar-refractivity contribution in [1.29, 1.82) is 0 Å². The summed E-state index contributed by atoms with van der Waals surface area (Å²) in [7, 11) is 3.21. The molecule has 2 amide bonds. The van der Waals surface area contributed by atoms with Crippen molar-refractivity contribution in [3.05, 3.63) is 24.3 Å². The molecule has 20 heavy (non-hydrogen) atoms. The highest BCUT2D eigenvalue weighted by Crippen LogP contribution is 2.28. The Hall–Kier alpha value is -2.24. The van der Waals surface area contributed by atoms with Gasteiger partial charge in [0.25, 0.3) is 0 Å². The topological polar surface area (TPSA) is 70.1 Å². The largest absolute Gasteiger partial charge is 0.495 e. The maximum absolute atomic E-state index is 12.4. The van der Waals surface area contributed by atoms with E-state index in [1.165, 1.54) is 4.90 Å². The van der Waals surface area contributed by atoms with Gasteiger partial charge < -0.3 is 14.7 Å². The Morgan fingerprint density at radius 1 is 1.40 bits per heavy atom. The highest BCUT2D eigenvalue weighted by atomic mass is 16.5. The number of aliphatic carboxylic acids is 1. The van der Waals surface area contributed by atoms with Gasteiger partial charge >= 0.3 is 12.0 Å². The monoisotopic (exact) mass is 278 g/mol. The van der Waals surface area contributed by atoms with Gasteiger partial charge in [-0.25, -0.2) is 4.79 Å². The van der Waals surface area contributed by atoms with E-state index in [1.807, 2.05) is 12.1 Å². The number of ether oxygens (including phenoxy) is 1. The van der Waals surface area contributed by atoms with Crippen LogP contribution in [0.5, 0.6) is 5.75 Å². The van der Waals surface area contributed by atoms with Gasteiger partial charge in [-0.15, -0.1) is 0 Å². The lowest BCUT2D eigenvalue weighted by atomic mass is 10.1. The number of carbonyl (C=O) groups is 2. The van der Waals surface area contributed by atoms with Crippen LogP contribution in [-0.4, -0.2) is 49.3 Å². The quantitative estimate of drug-likeness (QED) is 0.912. The molecule has 1 aliphatic heterocycles. The first-order valence-corrected chi connectivity index (χ1v) is 6.43. The molecule has 1 fully saturated rings. The van der Waals surface area contributed by atoms with Gasteiger partial charge in [0.05, 0.1) is 18.7 Å². The number of rotatable bonds is 3. The molecule has 108 valence electrons. The van der Waals surface area contributed by atoms with Gasteiger partial charge in [-0.2, -0.15) is 0 Å². The third kappa shape index (κ3) is 2.68. The number of urea groups is 1. The summed E-state index contributed by atoms with van der Waals surface area (Å²) in [4.78, 5) is 26.4. The summed E-state index contributed by atoms with van der Waals surface area (Å²) in [6.07, 6.45) is 0.501. The van der Waals surface area contributed by atoms with Gasteiger partial charge in [-0.3, -0.25) is 9.69 Å². The summed E-state index contributed by atoms with van der Waals surface area (Å²) in [5.74, 6) is -0.706. The zero-order valence-electron chi connectivity index (χ0n) is 11.6. The molecule has 6 nitrogen and oxygen atoms in total. The number of benzene rings is 1. The minimum absolute atomic E-state index is 0.210. The smallest absolute Gasteiger partial charge is 0.324 e. The van der Waals surface area contributed by atoms with Gasteiger partial charge in [0, 0.05) is 20.1 Å². The molecular formula is C14H18N2O4. The maximum Gasteiger partial charge on any atom is 0.324 e. The van der Waals surface area contributed by atoms with E-state index in [0.717, 1.165) is 0 Å². The molecule has 1 atom stereocenters. The molecule has 1 aromatic rings. The normalized spacial score (nSPS) is 17.9. The summed E-state index contributed by atoms with van der Waals surface area (Å²) >= 11 is 0. The number of anilines is 1. The van der Waals surface area contributed by atoms with Crippen molar-refractivity contribution in [2.24, 2.45) is 5.92 Å². The predicted molar refractivity (Wildman–Crippen MR) is 74.1 cm³/mol. The Morgan fingerprint density at radius 3 is 2.70 bits per heavy atom. The lowest BCUT2D eigenvalue weighted by molar-refractivity contribution is -0.141. The summed E-state index contributed by atoms with van der Waals surface area (Å²) in [6, 6.07) is 7.02. The van der Waals surface area contributed by atoms with Crippen LogP contribution < -0.4 is 9.64 Å². The maximum atomic E-state index is 12.4. The Bertz CT molecular complexity index is 518. The van der Waals surface area contributed by atoms with Crippen molar-refractivity contribution in [1.82, 2.24) is 4.90 Å². The van der Waals surface area contributed by atoms with Crippen LogP contribution >= 0.6 is 0 Å². The fourth-order valence-corrected chi connectivity index (χ4v) is 2.36. The van der Waals surface area contributed by atoms with Crippen molar-refractivity contribution >= 4 is 17.7 Å². The lowest BCUT2D eigenvalue weighted by Crippen LogP contribution is -2.40. The summed E-state index contributed by atoms with van der Waals surface area (Å²) in [6.45, 7) is 0.725. The van der Waals surface area contributed by atoms with Gasteiger partial charge in [-0.1, -0.05) is 12.1 Å². The molecule has 1 aromatic carbocycles. The van der Waals surface area contributed by atoms with Gasteiger partial charge in [0.1, 0.15) is 5.75 Å². The van der Waals surface area contributed by atoms with E-state index in [1.54, 1.807) is 31.2 Å². The van der Waals surface area contributed by atoms with Crippen molar-refractivity contribution in [2.45, 2.75) is 6.42 Å². The van der Waals surface area contributed by atoms with Crippen LogP contribution in [0.4, 0.5) is 10.5 Å². The van der Waals surface area contributed by atoms with E-state index >= 15 is 0 Å². The molecule has 2 rings (SSSR count). The third-order valence-electron chi connectivity index (χ3n) is 3.54. The second-order valence-electron chi connectivity index (χ2n) is 4.78. The van der Waals surface area contributed by atoms with Crippen LogP contribution in [0.1, 0.15) is 6.42 Å². The molecule has 6 heteroatoms. The van der Waals surface area contributed by atoms with Crippen LogP contribution in [0.15, 0.2) is 24.3 Å². The van der Waals surface area contributed by atoms with Crippen LogP contribution in [0.2, 0.25) is 0 Å². The Balaban J connectivity index is 2.11. The van der Waals surface area contributed by atoms with Gasteiger partial charge in [0.15, 0.2) is 0 Å². The highest BCUT2D eigenvalue weighted by molar-refractivity contribution is 5.93. The fourth-order valence-electron chi connectivity index (χ4n) is 2.36. The minimum Gasteiger partial charge on any atom is -0.495 e. The number of likely N-dealkylation sites (tertiary alicyclic amines) is 1. The molecular weight excluding hydrogens is 260 g/mol. The van der Waals surface area contributed by atoms with Crippen LogP contribution in [-0.2, 0) is 4.79 Å². The van der Waals surface area contributed by atoms with Crippen LogP contribution in [0.3, 0.4) is 0 Å². The van der Waals surface area contributed by atoms with Crippen molar-refractivity contribution in [3.8, 4) is 5.75 Å². The number of nitrogens with zero attached hydrogens (tertiary/aromatic N) is 2. The number of para-hydroxylation sites is 2. The molecule has 0 spiro atoms. The number of hydrogen-bond donors (Lipinski definition) is 1. The molecule has 0 radical (unpaired) electrons. The van der Waals surface area contributed by atoms with Crippen molar-refractivity contribution in [3.63, 3.8) is 0 Å². The molecule has 1 unspecified atom stereocenters. The Labute approximate surface area is 117 Å². The molecule has 1 N–H and O–H groups in total. The highest BCUT2D eigenvalue weighted by Gasteiger charge is 2.32. The molecule has 0 bridgehead atoms. The van der Waals surface area contributed by atoms with Gasteiger partial charge in [0.2, 0.25) is 0 Å². The first-order valence-electron chi connectivity index (χ1n) is 6.43. The van der Waals surface area contributed by atoms with E-state index in [-0.39, 0.29) is 12.6 Å². The number of hydrogen-bond acceptors (Lipinski definition) is 3. The number of carbonyl (C=O) groups excluding carboxylic acids is 1. The van der Waals surface area contributed by atoms with E-state index in [4.69, 9.17) is 9.84 Å². The van der Waals surface area contributed by atoms with Crippen LogP contribution in [0.25, 0.3) is 0 Å². The summed E-state index contributed by atoms with van der Waals surface area (Å²) in [5, 5.41) is 8.98. The number of carboxylic acid groups (broad SMARTS) is 1. The standard InChI is InChI=1S/C14H18N2O4/c1-15(11-5-3-4-6-12(11)20-2)14(19)16-8-7-10(9-16)13(17)18/h3-6,10H,7-9H2,1-2H3,(H,17,18). The van der Waals surface area contributed by atoms with E-state index in [2.05, 4.69) is 0 Å². The second kappa shape index (κ2) is 5.81.